The number of carbonyl (C=O) groups is 1. The van der Waals surface area contributed by atoms with Crippen LogP contribution in [0.4, 0.5) is 5.13 Å². The summed E-state index contributed by atoms with van der Waals surface area (Å²) >= 11 is 1.32. The quantitative estimate of drug-likeness (QED) is 0.719. The van der Waals surface area contributed by atoms with Crippen LogP contribution in [0.1, 0.15) is 56.7 Å². The van der Waals surface area contributed by atoms with Crippen LogP contribution in [0.25, 0.3) is 0 Å². The van der Waals surface area contributed by atoms with Gasteiger partial charge >= 0.3 is 0 Å². The van der Waals surface area contributed by atoms with Gasteiger partial charge in [0, 0.05) is 23.3 Å². The van der Waals surface area contributed by atoms with E-state index in [2.05, 4.69) is 10.3 Å². The third kappa shape index (κ3) is 4.30. The number of aryl methyl sites for hydroxylation is 1. The molecule has 0 saturated heterocycles. The van der Waals surface area contributed by atoms with Crippen LogP contribution in [0.15, 0.2) is 33.4 Å². The molecular weight excluding hydrogens is 410 g/mol. The Morgan fingerprint density at radius 1 is 1.28 bits per heavy atom. The fourth-order valence-electron chi connectivity index (χ4n) is 4.11. The number of anilines is 1. The second-order valence-corrected chi connectivity index (χ2v) is 11.1. The highest BCUT2D eigenvalue weighted by atomic mass is 32.2. The molecule has 2 aliphatic rings. The molecular formula is C20H25N3O4S2. The van der Waals surface area contributed by atoms with Crippen LogP contribution in [0.5, 0.6) is 0 Å². The second kappa shape index (κ2) is 8.02. The zero-order chi connectivity index (χ0) is 20.6. The topological polar surface area (TPSA) is 98.1 Å². The summed E-state index contributed by atoms with van der Waals surface area (Å²) in [6.07, 6.45) is 7.35. The molecule has 2 aromatic heterocycles. The SMILES string of the molecule is Cc1cc(S(=O)(=O)C2CCCC2)cc(=O)n1C(CC1CC1)C(=O)Nc1nccs1. The molecule has 7 nitrogen and oxygen atoms in total. The smallest absolute Gasteiger partial charge is 0.252 e. The van der Waals surface area contributed by atoms with Crippen LogP contribution in [-0.4, -0.2) is 29.1 Å². The molecule has 0 aromatic carbocycles. The lowest BCUT2D eigenvalue weighted by Crippen LogP contribution is -2.35. The number of nitrogens with one attached hydrogen (secondary N) is 1. The molecule has 2 aromatic rings. The first-order valence-electron chi connectivity index (χ1n) is 10.0. The lowest BCUT2D eigenvalue weighted by Gasteiger charge is -2.22. The summed E-state index contributed by atoms with van der Waals surface area (Å²) < 4.78 is 27.3. The number of hydrogen-bond acceptors (Lipinski definition) is 6. The number of sulfone groups is 1. The molecule has 0 aliphatic heterocycles. The highest BCUT2D eigenvalue weighted by molar-refractivity contribution is 7.92. The maximum absolute atomic E-state index is 13.0. The Kier molecular flexibility index (Phi) is 5.61. The van der Waals surface area contributed by atoms with E-state index in [-0.39, 0.29) is 10.8 Å². The number of pyridine rings is 1. The molecule has 2 heterocycles. The van der Waals surface area contributed by atoms with Gasteiger partial charge in [0.2, 0.25) is 5.91 Å². The van der Waals surface area contributed by atoms with Gasteiger partial charge in [-0.3, -0.25) is 9.59 Å². The van der Waals surface area contributed by atoms with Gasteiger partial charge < -0.3 is 9.88 Å². The van der Waals surface area contributed by atoms with Crippen LogP contribution < -0.4 is 10.9 Å². The van der Waals surface area contributed by atoms with Crippen molar-refractivity contribution in [1.82, 2.24) is 9.55 Å². The Balaban J connectivity index is 1.67. The van der Waals surface area contributed by atoms with Crippen molar-refractivity contribution in [1.29, 1.82) is 0 Å². The molecule has 156 valence electrons. The van der Waals surface area contributed by atoms with Crippen LogP contribution in [0, 0.1) is 12.8 Å². The summed E-state index contributed by atoms with van der Waals surface area (Å²) in [5.41, 5.74) is 0.0514. The fourth-order valence-corrected chi connectivity index (χ4v) is 6.58. The van der Waals surface area contributed by atoms with Crippen LogP contribution >= 0.6 is 11.3 Å². The predicted molar refractivity (Wildman–Crippen MR) is 112 cm³/mol. The van der Waals surface area contributed by atoms with Crippen molar-refractivity contribution < 1.29 is 13.2 Å². The van der Waals surface area contributed by atoms with Gasteiger partial charge in [-0.25, -0.2) is 13.4 Å². The maximum Gasteiger partial charge on any atom is 0.252 e. The first-order valence-corrected chi connectivity index (χ1v) is 12.5. The Bertz CT molecular complexity index is 1050. The van der Waals surface area contributed by atoms with Crippen LogP contribution in [-0.2, 0) is 14.6 Å². The summed E-state index contributed by atoms with van der Waals surface area (Å²) in [6.45, 7) is 1.70. The summed E-state index contributed by atoms with van der Waals surface area (Å²) in [7, 11) is -3.52. The van der Waals surface area contributed by atoms with E-state index in [1.807, 2.05) is 0 Å². The van der Waals surface area contributed by atoms with Crippen LogP contribution in [0.2, 0.25) is 0 Å². The zero-order valence-electron chi connectivity index (χ0n) is 16.3. The molecule has 1 unspecified atom stereocenters. The Labute approximate surface area is 174 Å². The van der Waals surface area contributed by atoms with Crippen molar-refractivity contribution in [2.24, 2.45) is 5.92 Å². The summed E-state index contributed by atoms with van der Waals surface area (Å²) in [4.78, 5) is 30.1. The van der Waals surface area contributed by atoms with Gasteiger partial charge in [-0.05, 0) is 38.2 Å². The highest BCUT2D eigenvalue weighted by Gasteiger charge is 2.34. The fraction of sp³-hybridized carbons (Fsp3) is 0.550. The Morgan fingerprint density at radius 3 is 2.59 bits per heavy atom. The van der Waals surface area contributed by atoms with E-state index in [1.54, 1.807) is 24.6 Å². The van der Waals surface area contributed by atoms with E-state index in [0.29, 0.717) is 36.0 Å². The first kappa shape index (κ1) is 20.3. The number of nitrogens with zero attached hydrogens (tertiary/aromatic N) is 2. The lowest BCUT2D eigenvalue weighted by molar-refractivity contribution is -0.119. The van der Waals surface area contributed by atoms with Crippen molar-refractivity contribution in [2.45, 2.75) is 68.1 Å². The largest absolute Gasteiger partial charge is 0.300 e. The maximum atomic E-state index is 13.0. The van der Waals surface area contributed by atoms with Gasteiger partial charge in [0.15, 0.2) is 15.0 Å². The van der Waals surface area contributed by atoms with Gasteiger partial charge in [-0.2, -0.15) is 0 Å². The summed E-state index contributed by atoms with van der Waals surface area (Å²) in [5.74, 6) is 0.124. The van der Waals surface area contributed by atoms with Crippen molar-refractivity contribution in [3.63, 3.8) is 0 Å². The van der Waals surface area contributed by atoms with Gasteiger partial charge in [-0.1, -0.05) is 25.7 Å². The molecule has 4 rings (SSSR count). The zero-order valence-corrected chi connectivity index (χ0v) is 18.0. The number of hydrogen-bond donors (Lipinski definition) is 1. The molecule has 2 aliphatic carbocycles. The van der Waals surface area contributed by atoms with E-state index >= 15 is 0 Å². The van der Waals surface area contributed by atoms with Gasteiger partial charge in [0.1, 0.15) is 6.04 Å². The molecule has 1 amide bonds. The minimum absolute atomic E-state index is 0.0775. The number of amides is 1. The third-order valence-electron chi connectivity index (χ3n) is 5.83. The van der Waals surface area contributed by atoms with E-state index in [1.165, 1.54) is 22.0 Å². The molecule has 29 heavy (non-hydrogen) atoms. The lowest BCUT2D eigenvalue weighted by atomic mass is 10.1. The molecule has 0 bridgehead atoms. The van der Waals surface area contributed by atoms with E-state index in [9.17, 15) is 18.0 Å². The number of thiazole rings is 1. The number of aromatic nitrogens is 2. The Morgan fingerprint density at radius 2 is 2.00 bits per heavy atom. The second-order valence-electron chi connectivity index (χ2n) is 8.01. The molecule has 1 N–H and O–H groups in total. The van der Waals surface area contributed by atoms with Gasteiger partial charge in [-0.15, -0.1) is 11.3 Å². The molecule has 0 radical (unpaired) electrons. The summed E-state index contributed by atoms with van der Waals surface area (Å²) in [5, 5.41) is 4.64. The van der Waals surface area contributed by atoms with Crippen molar-refractivity contribution in [2.75, 3.05) is 5.32 Å². The highest BCUT2D eigenvalue weighted by Crippen LogP contribution is 2.37. The Hall–Kier alpha value is -2.00. The predicted octanol–water partition coefficient (Wildman–Crippen LogP) is 3.31. The van der Waals surface area contributed by atoms with Crippen molar-refractivity contribution in [3.8, 4) is 0 Å². The van der Waals surface area contributed by atoms with Crippen LogP contribution in [0.3, 0.4) is 0 Å². The van der Waals surface area contributed by atoms with Crippen molar-refractivity contribution >= 4 is 32.2 Å². The summed E-state index contributed by atoms with van der Waals surface area (Å²) in [6, 6.07) is 2.06. The van der Waals surface area contributed by atoms with E-state index in [4.69, 9.17) is 0 Å². The molecule has 1 atom stereocenters. The van der Waals surface area contributed by atoms with Crippen molar-refractivity contribution in [3.05, 3.63) is 39.8 Å². The molecule has 2 saturated carbocycles. The number of rotatable bonds is 7. The average Bonchev–Trinajstić information content (AvgIpc) is 3.11. The minimum Gasteiger partial charge on any atom is -0.300 e. The first-order chi connectivity index (χ1) is 13.9. The molecule has 9 heteroatoms. The molecule has 2 fully saturated rings. The van der Waals surface area contributed by atoms with Gasteiger partial charge in [0.05, 0.1) is 10.1 Å². The van der Waals surface area contributed by atoms with E-state index in [0.717, 1.165) is 25.7 Å². The third-order valence-corrected chi connectivity index (χ3v) is 8.76. The normalized spacial score (nSPS) is 18.7. The monoisotopic (exact) mass is 435 g/mol. The molecule has 0 spiro atoms. The minimum atomic E-state index is -3.52. The van der Waals surface area contributed by atoms with E-state index < -0.39 is 26.7 Å². The number of carbonyl (C=O) groups excluding carboxylic acids is 1. The standard InChI is InChI=1S/C20H25N3O4S2/c1-13-10-16(29(26,27)15-4-2-3-5-15)12-18(24)23(13)17(11-14-6-7-14)19(25)22-20-21-8-9-28-20/h8-10,12,14-15,17H,2-7,11H2,1H3,(H,21,22,25). The van der Waals surface area contributed by atoms with Gasteiger partial charge in [0.25, 0.3) is 5.56 Å². The average molecular weight is 436 g/mol.